The molecule has 1 heterocycles. The van der Waals surface area contributed by atoms with Crippen molar-refractivity contribution in [2.75, 3.05) is 11.9 Å². The fourth-order valence-electron chi connectivity index (χ4n) is 3.22. The van der Waals surface area contributed by atoms with E-state index < -0.39 is 0 Å². The van der Waals surface area contributed by atoms with E-state index in [9.17, 15) is 9.59 Å². The van der Waals surface area contributed by atoms with E-state index in [0.29, 0.717) is 13.1 Å². The number of amides is 2. The lowest BCUT2D eigenvalue weighted by Crippen LogP contribution is -2.37. The third kappa shape index (κ3) is 4.31. The summed E-state index contributed by atoms with van der Waals surface area (Å²) in [6.45, 7) is 7.70. The minimum Gasteiger partial charge on any atom is -0.338 e. The highest BCUT2D eigenvalue weighted by Crippen LogP contribution is 2.23. The van der Waals surface area contributed by atoms with Crippen molar-refractivity contribution < 1.29 is 9.59 Å². The predicted octanol–water partition coefficient (Wildman–Crippen LogP) is 3.90. The van der Waals surface area contributed by atoms with Crippen LogP contribution in [0.1, 0.15) is 43.9 Å². The van der Waals surface area contributed by atoms with E-state index in [4.69, 9.17) is 0 Å². The Hall–Kier alpha value is -2.62. The van der Waals surface area contributed by atoms with E-state index in [0.717, 1.165) is 12.1 Å². The molecule has 0 atom stereocenters. The lowest BCUT2D eigenvalue weighted by atomic mass is 9.87. The van der Waals surface area contributed by atoms with Crippen LogP contribution < -0.4 is 5.32 Å². The lowest BCUT2D eigenvalue weighted by molar-refractivity contribution is -0.135. The van der Waals surface area contributed by atoms with Crippen molar-refractivity contribution in [2.24, 2.45) is 0 Å². The summed E-state index contributed by atoms with van der Waals surface area (Å²) in [4.78, 5) is 26.5. The molecular formula is C22H26N2O2. The molecule has 0 spiro atoms. The molecule has 2 aromatic carbocycles. The predicted molar refractivity (Wildman–Crippen MR) is 104 cm³/mol. The van der Waals surface area contributed by atoms with E-state index in [2.05, 4.69) is 32.2 Å². The van der Waals surface area contributed by atoms with E-state index in [1.54, 1.807) is 4.90 Å². The van der Waals surface area contributed by atoms with Gasteiger partial charge in [0, 0.05) is 18.8 Å². The van der Waals surface area contributed by atoms with Gasteiger partial charge < -0.3 is 10.2 Å². The Balaban J connectivity index is 1.56. The van der Waals surface area contributed by atoms with Crippen molar-refractivity contribution in [3.8, 4) is 0 Å². The van der Waals surface area contributed by atoms with Crippen LogP contribution in [0.5, 0.6) is 0 Å². The normalized spacial score (nSPS) is 13.9. The maximum Gasteiger partial charge on any atom is 0.233 e. The number of nitrogens with zero attached hydrogens (tertiary/aromatic N) is 1. The average Bonchev–Trinajstić information content (AvgIpc) is 2.61. The molecule has 136 valence electrons. The number of carbonyl (C=O) groups excluding carboxylic acids is 2. The zero-order valence-electron chi connectivity index (χ0n) is 15.7. The molecule has 1 N–H and O–H groups in total. The lowest BCUT2D eigenvalue weighted by Gasteiger charge is -2.28. The van der Waals surface area contributed by atoms with Crippen molar-refractivity contribution in [3.63, 3.8) is 0 Å². The van der Waals surface area contributed by atoms with Crippen molar-refractivity contribution >= 4 is 17.5 Å². The third-order valence-electron chi connectivity index (χ3n) is 4.83. The van der Waals surface area contributed by atoms with Crippen LogP contribution in [-0.2, 0) is 28.0 Å². The summed E-state index contributed by atoms with van der Waals surface area (Å²) < 4.78 is 0. The Morgan fingerprint density at radius 2 is 1.65 bits per heavy atom. The average molecular weight is 350 g/mol. The van der Waals surface area contributed by atoms with E-state index in [1.807, 2.05) is 42.5 Å². The first kappa shape index (κ1) is 18.2. The summed E-state index contributed by atoms with van der Waals surface area (Å²) in [6.07, 6.45) is 0.723. The second-order valence-corrected chi connectivity index (χ2v) is 7.89. The van der Waals surface area contributed by atoms with Crippen molar-refractivity contribution in [2.45, 2.75) is 45.6 Å². The summed E-state index contributed by atoms with van der Waals surface area (Å²) in [5.41, 5.74) is 4.46. The van der Waals surface area contributed by atoms with Gasteiger partial charge in [-0.05, 0) is 40.7 Å². The van der Waals surface area contributed by atoms with Crippen LogP contribution in [0.2, 0.25) is 0 Å². The topological polar surface area (TPSA) is 49.4 Å². The number of hydrogen-bond acceptors (Lipinski definition) is 2. The molecule has 1 aliphatic heterocycles. The Morgan fingerprint density at radius 1 is 1.00 bits per heavy atom. The molecule has 0 unspecified atom stereocenters. The van der Waals surface area contributed by atoms with Crippen LogP contribution in [0.25, 0.3) is 0 Å². The molecule has 0 radical (unpaired) electrons. The Bertz CT molecular complexity index is 804. The van der Waals surface area contributed by atoms with Gasteiger partial charge >= 0.3 is 0 Å². The first-order chi connectivity index (χ1) is 12.3. The number of anilines is 1. The molecule has 0 saturated carbocycles. The molecule has 0 bridgehead atoms. The zero-order chi connectivity index (χ0) is 18.7. The highest BCUT2D eigenvalue weighted by Gasteiger charge is 2.22. The SMILES string of the molecule is CC(C)(C)c1ccc(NC(=O)CC(=O)N2CCc3ccccc3C2)cc1. The maximum absolute atomic E-state index is 12.5. The number of nitrogens with one attached hydrogen (secondary N) is 1. The van der Waals surface area contributed by atoms with Gasteiger partial charge in [-0.3, -0.25) is 9.59 Å². The molecule has 2 amide bonds. The number of rotatable bonds is 3. The number of hydrogen-bond donors (Lipinski definition) is 1. The van der Waals surface area contributed by atoms with Gasteiger partial charge in [0.25, 0.3) is 0 Å². The standard InChI is InChI=1S/C22H26N2O2/c1-22(2,3)18-8-10-19(11-9-18)23-20(25)14-21(26)24-13-12-16-6-4-5-7-17(16)15-24/h4-11H,12-15H2,1-3H3,(H,23,25). The van der Waals surface area contributed by atoms with Crippen molar-refractivity contribution in [1.29, 1.82) is 0 Å². The summed E-state index contributed by atoms with van der Waals surface area (Å²) in [5, 5.41) is 2.82. The zero-order valence-corrected chi connectivity index (χ0v) is 15.7. The smallest absolute Gasteiger partial charge is 0.233 e. The van der Waals surface area contributed by atoms with Gasteiger partial charge in [-0.2, -0.15) is 0 Å². The minimum absolute atomic E-state index is 0.0725. The first-order valence-corrected chi connectivity index (χ1v) is 9.08. The van der Waals surface area contributed by atoms with Crippen LogP contribution in [-0.4, -0.2) is 23.3 Å². The van der Waals surface area contributed by atoms with Crippen molar-refractivity contribution in [1.82, 2.24) is 4.90 Å². The molecule has 3 rings (SSSR count). The fourth-order valence-corrected chi connectivity index (χ4v) is 3.22. The molecule has 4 heteroatoms. The van der Waals surface area contributed by atoms with E-state index in [-0.39, 0.29) is 23.7 Å². The van der Waals surface area contributed by atoms with Crippen molar-refractivity contribution in [3.05, 3.63) is 65.2 Å². The monoisotopic (exact) mass is 350 g/mol. The Labute approximate surface area is 155 Å². The highest BCUT2D eigenvalue weighted by atomic mass is 16.2. The number of carbonyl (C=O) groups is 2. The molecule has 0 fully saturated rings. The van der Waals surface area contributed by atoms with E-state index in [1.165, 1.54) is 16.7 Å². The van der Waals surface area contributed by atoms with Crippen LogP contribution in [0.15, 0.2) is 48.5 Å². The van der Waals surface area contributed by atoms with Crippen LogP contribution in [0.4, 0.5) is 5.69 Å². The molecule has 0 aromatic heterocycles. The third-order valence-corrected chi connectivity index (χ3v) is 4.83. The minimum atomic E-state index is -0.266. The summed E-state index contributed by atoms with van der Waals surface area (Å²) >= 11 is 0. The molecule has 1 aliphatic rings. The Morgan fingerprint density at radius 3 is 2.31 bits per heavy atom. The van der Waals surface area contributed by atoms with E-state index >= 15 is 0 Å². The van der Waals surface area contributed by atoms with Gasteiger partial charge in [-0.25, -0.2) is 0 Å². The maximum atomic E-state index is 12.5. The van der Waals surface area contributed by atoms with Crippen LogP contribution in [0, 0.1) is 0 Å². The fraction of sp³-hybridized carbons (Fsp3) is 0.364. The highest BCUT2D eigenvalue weighted by molar-refractivity contribution is 6.03. The second-order valence-electron chi connectivity index (χ2n) is 7.89. The van der Waals surface area contributed by atoms with Gasteiger partial charge in [-0.15, -0.1) is 0 Å². The summed E-state index contributed by atoms with van der Waals surface area (Å²) in [7, 11) is 0. The first-order valence-electron chi connectivity index (χ1n) is 9.08. The molecule has 0 saturated heterocycles. The van der Waals surface area contributed by atoms with Crippen LogP contribution in [0.3, 0.4) is 0 Å². The van der Waals surface area contributed by atoms with Gasteiger partial charge in [0.15, 0.2) is 0 Å². The number of benzene rings is 2. The number of fused-ring (bicyclic) bond motifs is 1. The molecular weight excluding hydrogens is 324 g/mol. The molecule has 4 nitrogen and oxygen atoms in total. The van der Waals surface area contributed by atoms with Gasteiger partial charge in [0.05, 0.1) is 0 Å². The van der Waals surface area contributed by atoms with Gasteiger partial charge in [0.2, 0.25) is 11.8 Å². The molecule has 2 aromatic rings. The molecule has 26 heavy (non-hydrogen) atoms. The molecule has 0 aliphatic carbocycles. The summed E-state index contributed by atoms with van der Waals surface area (Å²) in [5.74, 6) is -0.388. The quantitative estimate of drug-likeness (QED) is 0.854. The second kappa shape index (κ2) is 7.32. The summed E-state index contributed by atoms with van der Waals surface area (Å²) in [6, 6.07) is 16.0. The van der Waals surface area contributed by atoms with Crippen LogP contribution >= 0.6 is 0 Å². The largest absolute Gasteiger partial charge is 0.338 e. The van der Waals surface area contributed by atoms with Gasteiger partial charge in [-0.1, -0.05) is 57.2 Å². The van der Waals surface area contributed by atoms with Gasteiger partial charge in [0.1, 0.15) is 6.42 Å². The Kier molecular flexibility index (Phi) is 5.12.